The highest BCUT2D eigenvalue weighted by molar-refractivity contribution is 5.85. The molecule has 0 aromatic carbocycles. The maximum Gasteiger partial charge on any atom is 0.308 e. The Morgan fingerprint density at radius 1 is 1.38 bits per heavy atom. The van der Waals surface area contributed by atoms with Gasteiger partial charge in [0.2, 0.25) is 5.91 Å². The Morgan fingerprint density at radius 3 is 2.43 bits per heavy atom. The Hall–Kier alpha value is -1.85. The molecule has 0 spiro atoms. The minimum atomic E-state index is -0.876. The summed E-state index contributed by atoms with van der Waals surface area (Å²) in [5.74, 6) is -1.20. The van der Waals surface area contributed by atoms with Crippen LogP contribution in [0.5, 0.6) is 0 Å². The lowest BCUT2D eigenvalue weighted by Crippen LogP contribution is -2.40. The summed E-state index contributed by atoms with van der Waals surface area (Å²) in [5, 5.41) is 13.0. The smallest absolute Gasteiger partial charge is 0.308 e. The van der Waals surface area contributed by atoms with Gasteiger partial charge in [0.05, 0.1) is 17.5 Å². The van der Waals surface area contributed by atoms with Gasteiger partial charge in [-0.25, -0.2) is 0 Å². The Morgan fingerprint density at radius 2 is 2.00 bits per heavy atom. The van der Waals surface area contributed by atoms with Crippen LogP contribution >= 0.6 is 0 Å². The van der Waals surface area contributed by atoms with E-state index in [4.69, 9.17) is 9.63 Å². The highest BCUT2D eigenvalue weighted by Crippen LogP contribution is 2.32. The molecule has 1 saturated carbocycles. The van der Waals surface area contributed by atoms with Crippen molar-refractivity contribution in [2.45, 2.75) is 52.5 Å². The summed E-state index contributed by atoms with van der Waals surface area (Å²) >= 11 is 0. The fourth-order valence-corrected chi connectivity index (χ4v) is 2.66. The zero-order valence-corrected chi connectivity index (χ0v) is 12.9. The van der Waals surface area contributed by atoms with E-state index in [0.717, 1.165) is 24.1 Å². The van der Waals surface area contributed by atoms with Crippen molar-refractivity contribution in [1.29, 1.82) is 0 Å². The van der Waals surface area contributed by atoms with Gasteiger partial charge < -0.3 is 14.5 Å². The molecule has 0 saturated heterocycles. The second-order valence-corrected chi connectivity index (χ2v) is 5.92. The normalized spacial score (nSPS) is 17.3. The Kier molecular flexibility index (Phi) is 4.34. The first-order valence-corrected chi connectivity index (χ1v) is 7.29. The molecule has 2 rings (SSSR count). The molecule has 0 radical (unpaired) electrons. The molecule has 2 atom stereocenters. The molecule has 1 aliphatic carbocycles. The lowest BCUT2D eigenvalue weighted by atomic mass is 9.97. The van der Waals surface area contributed by atoms with Gasteiger partial charge in [-0.3, -0.25) is 9.59 Å². The molecule has 6 nitrogen and oxygen atoms in total. The van der Waals surface area contributed by atoms with Crippen molar-refractivity contribution >= 4 is 11.9 Å². The molecule has 1 N–H and O–H groups in total. The molecule has 1 aromatic rings. The maximum atomic E-state index is 12.7. The molecular weight excluding hydrogens is 272 g/mol. The Bertz CT molecular complexity index is 528. The third kappa shape index (κ3) is 3.25. The van der Waals surface area contributed by atoms with Crippen molar-refractivity contribution in [3.05, 3.63) is 17.0 Å². The molecule has 0 unspecified atom stereocenters. The van der Waals surface area contributed by atoms with Gasteiger partial charge in [0.15, 0.2) is 0 Å². The van der Waals surface area contributed by atoms with E-state index in [0.29, 0.717) is 5.76 Å². The Balaban J connectivity index is 2.17. The van der Waals surface area contributed by atoms with Crippen LogP contribution in [0.4, 0.5) is 0 Å². The highest BCUT2D eigenvalue weighted by atomic mass is 16.5. The number of aryl methyl sites for hydroxylation is 2. The zero-order chi connectivity index (χ0) is 15.7. The van der Waals surface area contributed by atoms with Crippen molar-refractivity contribution in [2.24, 2.45) is 5.92 Å². The number of carboxylic acids is 1. The summed E-state index contributed by atoms with van der Waals surface area (Å²) in [6.07, 6.45) is 1.90. The van der Waals surface area contributed by atoms with Gasteiger partial charge in [0.25, 0.3) is 0 Å². The minimum absolute atomic E-state index is 0.0417. The lowest BCUT2D eigenvalue weighted by molar-refractivity contribution is -0.143. The molecule has 0 aliphatic heterocycles. The number of nitrogens with zero attached hydrogens (tertiary/aromatic N) is 2. The quantitative estimate of drug-likeness (QED) is 0.868. The van der Waals surface area contributed by atoms with E-state index in [1.165, 1.54) is 0 Å². The highest BCUT2D eigenvalue weighted by Gasteiger charge is 2.37. The molecule has 0 bridgehead atoms. The van der Waals surface area contributed by atoms with Crippen molar-refractivity contribution in [3.63, 3.8) is 0 Å². The van der Waals surface area contributed by atoms with Crippen LogP contribution in [-0.4, -0.2) is 39.6 Å². The molecule has 1 aliphatic rings. The largest absolute Gasteiger partial charge is 0.481 e. The number of aromatic nitrogens is 1. The van der Waals surface area contributed by atoms with Crippen LogP contribution in [0.15, 0.2) is 4.52 Å². The molecule has 1 heterocycles. The monoisotopic (exact) mass is 294 g/mol. The van der Waals surface area contributed by atoms with Crippen molar-refractivity contribution < 1.29 is 19.2 Å². The molecule has 6 heteroatoms. The fraction of sp³-hybridized carbons (Fsp3) is 0.667. The van der Waals surface area contributed by atoms with E-state index < -0.39 is 11.9 Å². The summed E-state index contributed by atoms with van der Waals surface area (Å²) in [7, 11) is 0. The van der Waals surface area contributed by atoms with Crippen molar-refractivity contribution in [2.75, 3.05) is 6.54 Å². The second kappa shape index (κ2) is 5.87. The van der Waals surface area contributed by atoms with Crippen LogP contribution in [0.2, 0.25) is 0 Å². The number of carboxylic acid groups (broad SMARTS) is 1. The van der Waals surface area contributed by atoms with E-state index in [1.54, 1.807) is 18.7 Å². The Labute approximate surface area is 124 Å². The summed E-state index contributed by atoms with van der Waals surface area (Å²) in [4.78, 5) is 25.5. The van der Waals surface area contributed by atoms with Gasteiger partial charge in [0, 0.05) is 18.2 Å². The predicted molar refractivity (Wildman–Crippen MR) is 75.9 cm³/mol. The van der Waals surface area contributed by atoms with Crippen LogP contribution in [0.25, 0.3) is 0 Å². The number of carbonyl (C=O) groups is 2. The van der Waals surface area contributed by atoms with E-state index in [1.807, 2.05) is 13.8 Å². The van der Waals surface area contributed by atoms with E-state index in [9.17, 15) is 9.59 Å². The zero-order valence-electron chi connectivity index (χ0n) is 12.9. The van der Waals surface area contributed by atoms with Crippen LogP contribution < -0.4 is 0 Å². The van der Waals surface area contributed by atoms with Crippen LogP contribution in [-0.2, 0) is 9.59 Å². The summed E-state index contributed by atoms with van der Waals surface area (Å²) in [5.41, 5.74) is 1.53. The third-order valence-corrected chi connectivity index (χ3v) is 4.05. The van der Waals surface area contributed by atoms with Crippen LogP contribution in [0.1, 0.15) is 49.6 Å². The van der Waals surface area contributed by atoms with E-state index in [-0.39, 0.29) is 24.4 Å². The minimum Gasteiger partial charge on any atom is -0.481 e. The predicted octanol–water partition coefficient (Wildman–Crippen LogP) is 2.11. The number of rotatable bonds is 6. The number of hydrogen-bond acceptors (Lipinski definition) is 4. The molecule has 1 fully saturated rings. The fourth-order valence-electron chi connectivity index (χ4n) is 2.66. The summed E-state index contributed by atoms with van der Waals surface area (Å²) in [6, 6.07) is 0.183. The summed E-state index contributed by atoms with van der Waals surface area (Å²) in [6.45, 7) is 7.32. The van der Waals surface area contributed by atoms with Gasteiger partial charge in [-0.1, -0.05) is 12.1 Å². The average molecular weight is 294 g/mol. The van der Waals surface area contributed by atoms with Crippen LogP contribution in [0, 0.1) is 19.8 Å². The molecule has 1 amide bonds. The first kappa shape index (κ1) is 15.5. The summed E-state index contributed by atoms with van der Waals surface area (Å²) < 4.78 is 5.13. The SMILES string of the molecule is Cc1noc(C)c1[C@H](C)C(=O)N(C[C@@H](C)C(=O)O)C1CC1. The molecule has 1 aromatic heterocycles. The van der Waals surface area contributed by atoms with Gasteiger partial charge in [-0.2, -0.15) is 0 Å². The standard InChI is InChI=1S/C15H22N2O4/c1-8(15(19)20)7-17(12-5-6-12)14(18)9(2)13-10(3)16-21-11(13)4/h8-9,12H,5-7H2,1-4H3,(H,19,20)/t8-,9+/m1/s1. The first-order chi connectivity index (χ1) is 9.82. The average Bonchev–Trinajstić information content (AvgIpc) is 3.20. The van der Waals surface area contributed by atoms with Crippen molar-refractivity contribution in [1.82, 2.24) is 10.1 Å². The van der Waals surface area contributed by atoms with Crippen molar-refractivity contribution in [3.8, 4) is 0 Å². The second-order valence-electron chi connectivity index (χ2n) is 5.92. The maximum absolute atomic E-state index is 12.7. The number of amides is 1. The topological polar surface area (TPSA) is 83.6 Å². The number of carbonyl (C=O) groups excluding carboxylic acids is 1. The van der Waals surface area contributed by atoms with Gasteiger partial charge in [0.1, 0.15) is 5.76 Å². The molecular formula is C15H22N2O4. The third-order valence-electron chi connectivity index (χ3n) is 4.05. The van der Waals surface area contributed by atoms with Gasteiger partial charge in [-0.15, -0.1) is 0 Å². The molecule has 21 heavy (non-hydrogen) atoms. The lowest BCUT2D eigenvalue weighted by Gasteiger charge is -2.27. The van der Waals surface area contributed by atoms with Gasteiger partial charge in [-0.05, 0) is 33.6 Å². The molecule has 116 valence electrons. The number of aliphatic carboxylic acids is 1. The number of hydrogen-bond donors (Lipinski definition) is 1. The first-order valence-electron chi connectivity index (χ1n) is 7.29. The van der Waals surface area contributed by atoms with Gasteiger partial charge >= 0.3 is 5.97 Å². The van der Waals surface area contributed by atoms with Crippen LogP contribution in [0.3, 0.4) is 0 Å². The van der Waals surface area contributed by atoms with E-state index >= 15 is 0 Å². The van der Waals surface area contributed by atoms with E-state index in [2.05, 4.69) is 5.16 Å².